The standard InChI is InChI=1S/C12H15N3O2S/c1-8(12(16)17-3)6-15(2)10-9-4-5-18-11(9)14-7-13-10/h4-5,7-8H,6H2,1-3H3. The summed E-state index contributed by atoms with van der Waals surface area (Å²) in [7, 11) is 3.32. The Bertz CT molecular complexity index is 555. The van der Waals surface area contributed by atoms with Crippen LogP contribution in [0.5, 0.6) is 0 Å². The molecule has 0 fully saturated rings. The second-order valence-corrected chi connectivity index (χ2v) is 5.04. The van der Waals surface area contributed by atoms with Crippen LogP contribution in [0.3, 0.4) is 0 Å². The number of anilines is 1. The third-order valence-electron chi connectivity index (χ3n) is 2.75. The van der Waals surface area contributed by atoms with Crippen LogP contribution < -0.4 is 4.90 Å². The Balaban J connectivity index is 2.20. The third-order valence-corrected chi connectivity index (χ3v) is 3.57. The zero-order chi connectivity index (χ0) is 13.1. The van der Waals surface area contributed by atoms with Crippen molar-refractivity contribution >= 4 is 33.3 Å². The molecule has 18 heavy (non-hydrogen) atoms. The number of esters is 1. The van der Waals surface area contributed by atoms with Gasteiger partial charge in [0.2, 0.25) is 0 Å². The number of hydrogen-bond donors (Lipinski definition) is 0. The second-order valence-electron chi connectivity index (χ2n) is 4.14. The van der Waals surface area contributed by atoms with Gasteiger partial charge in [-0.05, 0) is 11.4 Å². The van der Waals surface area contributed by atoms with E-state index in [1.807, 2.05) is 30.3 Å². The maximum absolute atomic E-state index is 11.4. The number of rotatable bonds is 4. The molecule has 6 heteroatoms. The van der Waals surface area contributed by atoms with Crippen molar-refractivity contribution in [2.24, 2.45) is 5.92 Å². The van der Waals surface area contributed by atoms with Crippen LogP contribution in [0.2, 0.25) is 0 Å². The average molecular weight is 265 g/mol. The van der Waals surface area contributed by atoms with Crippen LogP contribution in [0.4, 0.5) is 5.82 Å². The van der Waals surface area contributed by atoms with Gasteiger partial charge in [-0.3, -0.25) is 4.79 Å². The van der Waals surface area contributed by atoms with Gasteiger partial charge in [-0.15, -0.1) is 11.3 Å². The van der Waals surface area contributed by atoms with Crippen LogP contribution in [0.1, 0.15) is 6.92 Å². The van der Waals surface area contributed by atoms with Gasteiger partial charge >= 0.3 is 5.97 Å². The van der Waals surface area contributed by atoms with Crippen molar-refractivity contribution in [2.75, 3.05) is 25.6 Å². The number of ether oxygens (including phenoxy) is 1. The fraction of sp³-hybridized carbons (Fsp3) is 0.417. The topological polar surface area (TPSA) is 55.3 Å². The smallest absolute Gasteiger partial charge is 0.310 e. The van der Waals surface area contributed by atoms with Gasteiger partial charge in [0, 0.05) is 13.6 Å². The Morgan fingerprint density at radius 3 is 3.06 bits per heavy atom. The lowest BCUT2D eigenvalue weighted by atomic mass is 10.1. The molecular weight excluding hydrogens is 250 g/mol. The quantitative estimate of drug-likeness (QED) is 0.791. The molecule has 0 aromatic carbocycles. The van der Waals surface area contributed by atoms with Gasteiger partial charge in [0.05, 0.1) is 18.4 Å². The molecule has 0 saturated carbocycles. The predicted molar refractivity (Wildman–Crippen MR) is 71.9 cm³/mol. The van der Waals surface area contributed by atoms with E-state index in [1.165, 1.54) is 7.11 Å². The number of thiophene rings is 1. The second kappa shape index (κ2) is 5.30. The lowest BCUT2D eigenvalue weighted by Gasteiger charge is -2.21. The van der Waals surface area contributed by atoms with Crippen molar-refractivity contribution in [1.82, 2.24) is 9.97 Å². The zero-order valence-corrected chi connectivity index (χ0v) is 11.4. The molecule has 96 valence electrons. The summed E-state index contributed by atoms with van der Waals surface area (Å²) < 4.78 is 4.72. The van der Waals surface area contributed by atoms with Crippen LogP contribution in [0.25, 0.3) is 10.2 Å². The van der Waals surface area contributed by atoms with Gasteiger partial charge < -0.3 is 9.64 Å². The van der Waals surface area contributed by atoms with Gasteiger partial charge in [-0.1, -0.05) is 6.92 Å². The molecule has 2 rings (SSSR count). The Hall–Kier alpha value is -1.69. The Labute approximate surface area is 109 Å². The number of aromatic nitrogens is 2. The van der Waals surface area contributed by atoms with E-state index < -0.39 is 0 Å². The van der Waals surface area contributed by atoms with Crippen molar-refractivity contribution in [2.45, 2.75) is 6.92 Å². The normalized spacial score (nSPS) is 12.4. The van der Waals surface area contributed by atoms with E-state index in [0.717, 1.165) is 16.0 Å². The monoisotopic (exact) mass is 265 g/mol. The molecule has 0 bridgehead atoms. The minimum absolute atomic E-state index is 0.191. The van der Waals surface area contributed by atoms with Crippen LogP contribution in [0, 0.1) is 5.92 Å². The summed E-state index contributed by atoms with van der Waals surface area (Å²) in [5.74, 6) is 0.443. The van der Waals surface area contributed by atoms with Crippen LogP contribution in [0.15, 0.2) is 17.8 Å². The maximum Gasteiger partial charge on any atom is 0.310 e. The first-order valence-electron chi connectivity index (χ1n) is 5.60. The van der Waals surface area contributed by atoms with Gasteiger partial charge in [0.1, 0.15) is 17.0 Å². The van der Waals surface area contributed by atoms with Gasteiger partial charge in [0.25, 0.3) is 0 Å². The molecule has 2 heterocycles. The van der Waals surface area contributed by atoms with Crippen molar-refractivity contribution in [1.29, 1.82) is 0 Å². The van der Waals surface area contributed by atoms with E-state index in [1.54, 1.807) is 17.7 Å². The fourth-order valence-corrected chi connectivity index (χ4v) is 2.58. The first kappa shape index (κ1) is 12.8. The molecule has 2 aromatic rings. The molecule has 2 aromatic heterocycles. The highest BCUT2D eigenvalue weighted by atomic mass is 32.1. The third kappa shape index (κ3) is 2.43. The molecule has 0 saturated heterocycles. The first-order valence-corrected chi connectivity index (χ1v) is 6.48. The van der Waals surface area contributed by atoms with E-state index in [2.05, 4.69) is 9.97 Å². The van der Waals surface area contributed by atoms with Gasteiger partial charge in [-0.2, -0.15) is 0 Å². The molecule has 1 atom stereocenters. The summed E-state index contributed by atoms with van der Waals surface area (Å²) >= 11 is 1.58. The maximum atomic E-state index is 11.4. The largest absolute Gasteiger partial charge is 0.469 e. The Morgan fingerprint density at radius 2 is 2.33 bits per heavy atom. The summed E-state index contributed by atoms with van der Waals surface area (Å²) in [6.45, 7) is 2.41. The number of carbonyl (C=O) groups excluding carboxylic acids is 1. The zero-order valence-electron chi connectivity index (χ0n) is 10.6. The fourth-order valence-electron chi connectivity index (χ4n) is 1.85. The lowest BCUT2D eigenvalue weighted by Crippen LogP contribution is -2.29. The Kier molecular flexibility index (Phi) is 3.76. The molecule has 5 nitrogen and oxygen atoms in total. The summed E-state index contributed by atoms with van der Waals surface area (Å²) in [5, 5.41) is 3.00. The summed E-state index contributed by atoms with van der Waals surface area (Å²) in [6.07, 6.45) is 1.55. The average Bonchev–Trinajstić information content (AvgIpc) is 2.85. The van der Waals surface area contributed by atoms with Crippen molar-refractivity contribution in [3.63, 3.8) is 0 Å². The van der Waals surface area contributed by atoms with E-state index >= 15 is 0 Å². The van der Waals surface area contributed by atoms with Crippen molar-refractivity contribution in [3.8, 4) is 0 Å². The number of hydrogen-bond acceptors (Lipinski definition) is 6. The van der Waals surface area contributed by atoms with Gasteiger partial charge in [-0.25, -0.2) is 9.97 Å². The molecule has 0 N–H and O–H groups in total. The van der Waals surface area contributed by atoms with E-state index in [9.17, 15) is 4.79 Å². The molecule has 1 unspecified atom stereocenters. The number of methoxy groups -OCH3 is 1. The molecule has 0 aliphatic carbocycles. The predicted octanol–water partition coefficient (Wildman–Crippen LogP) is 1.94. The molecule has 0 aliphatic heterocycles. The summed E-state index contributed by atoms with van der Waals surface area (Å²) in [5.41, 5.74) is 0. The van der Waals surface area contributed by atoms with Crippen LogP contribution >= 0.6 is 11.3 Å². The van der Waals surface area contributed by atoms with Crippen molar-refractivity contribution < 1.29 is 9.53 Å². The molecular formula is C12H15N3O2S. The first-order chi connectivity index (χ1) is 8.63. The number of nitrogens with zero attached hydrogens (tertiary/aromatic N) is 3. The highest BCUT2D eigenvalue weighted by molar-refractivity contribution is 7.16. The molecule has 0 aliphatic rings. The number of fused-ring (bicyclic) bond motifs is 1. The van der Waals surface area contributed by atoms with Gasteiger partial charge in [0.15, 0.2) is 0 Å². The van der Waals surface area contributed by atoms with Crippen LogP contribution in [-0.4, -0.2) is 36.6 Å². The molecule has 0 amide bonds. The Morgan fingerprint density at radius 1 is 1.56 bits per heavy atom. The highest BCUT2D eigenvalue weighted by Gasteiger charge is 2.17. The van der Waals surface area contributed by atoms with E-state index in [4.69, 9.17) is 4.74 Å². The van der Waals surface area contributed by atoms with Crippen LogP contribution in [-0.2, 0) is 9.53 Å². The molecule has 0 radical (unpaired) electrons. The lowest BCUT2D eigenvalue weighted by molar-refractivity contribution is -0.144. The highest BCUT2D eigenvalue weighted by Crippen LogP contribution is 2.26. The van der Waals surface area contributed by atoms with E-state index in [-0.39, 0.29) is 11.9 Å². The number of carbonyl (C=O) groups is 1. The summed E-state index contributed by atoms with van der Waals surface area (Å²) in [6, 6.07) is 1.99. The summed E-state index contributed by atoms with van der Waals surface area (Å²) in [4.78, 5) is 22.8. The minimum Gasteiger partial charge on any atom is -0.469 e. The van der Waals surface area contributed by atoms with Crippen molar-refractivity contribution in [3.05, 3.63) is 17.8 Å². The minimum atomic E-state index is -0.211. The SMILES string of the molecule is COC(=O)C(C)CN(C)c1ncnc2sccc12. The molecule has 0 spiro atoms. The van der Waals surface area contributed by atoms with E-state index in [0.29, 0.717) is 6.54 Å².